The van der Waals surface area contributed by atoms with E-state index in [4.69, 9.17) is 0 Å². The van der Waals surface area contributed by atoms with Crippen LogP contribution in [0, 0.1) is 0 Å². The standard InChI is InChI=1S/C17H19BrN2O3S/c18-16-8-4-7-15(11-16)13-24(22,23)20-12-17(21)19-10-9-14-5-2-1-3-6-14/h1-8,11,20H,9-10,12-13H2,(H,19,21). The van der Waals surface area contributed by atoms with Gasteiger partial charge in [-0.05, 0) is 29.7 Å². The van der Waals surface area contributed by atoms with Gasteiger partial charge in [-0.25, -0.2) is 13.1 Å². The SMILES string of the molecule is O=C(CNS(=O)(=O)Cc1cccc(Br)c1)NCCc1ccccc1. The van der Waals surface area contributed by atoms with Crippen molar-refractivity contribution in [2.45, 2.75) is 12.2 Å². The normalized spacial score (nSPS) is 11.2. The average Bonchev–Trinajstić information content (AvgIpc) is 2.54. The van der Waals surface area contributed by atoms with Crippen LogP contribution in [0.5, 0.6) is 0 Å². The minimum absolute atomic E-state index is 0.163. The first-order valence-corrected chi connectivity index (χ1v) is 9.91. The molecule has 0 fully saturated rings. The Labute approximate surface area is 150 Å². The molecule has 0 radical (unpaired) electrons. The maximum atomic E-state index is 12.0. The summed E-state index contributed by atoms with van der Waals surface area (Å²) < 4.78 is 27.1. The molecule has 0 heterocycles. The summed E-state index contributed by atoms with van der Waals surface area (Å²) in [6, 6.07) is 16.8. The molecule has 2 aromatic rings. The Kier molecular flexibility index (Phi) is 6.96. The van der Waals surface area contributed by atoms with Gasteiger partial charge >= 0.3 is 0 Å². The van der Waals surface area contributed by atoms with Crippen LogP contribution in [0.25, 0.3) is 0 Å². The van der Waals surface area contributed by atoms with E-state index in [0.717, 1.165) is 10.0 Å². The highest BCUT2D eigenvalue weighted by Gasteiger charge is 2.13. The third-order valence-electron chi connectivity index (χ3n) is 3.28. The summed E-state index contributed by atoms with van der Waals surface area (Å²) in [7, 11) is -3.56. The maximum absolute atomic E-state index is 12.0. The number of amides is 1. The van der Waals surface area contributed by atoms with Gasteiger partial charge in [0, 0.05) is 11.0 Å². The quantitative estimate of drug-likeness (QED) is 0.700. The van der Waals surface area contributed by atoms with Gasteiger partial charge < -0.3 is 5.32 Å². The molecular formula is C17H19BrN2O3S. The van der Waals surface area contributed by atoms with Crippen molar-refractivity contribution in [3.05, 3.63) is 70.2 Å². The Morgan fingerprint density at radius 2 is 1.71 bits per heavy atom. The number of carbonyl (C=O) groups excluding carboxylic acids is 1. The van der Waals surface area contributed by atoms with E-state index in [-0.39, 0.29) is 18.2 Å². The molecule has 0 aliphatic heterocycles. The third kappa shape index (κ3) is 6.82. The van der Waals surface area contributed by atoms with Crippen LogP contribution in [0.4, 0.5) is 0 Å². The van der Waals surface area contributed by atoms with E-state index >= 15 is 0 Å². The van der Waals surface area contributed by atoms with E-state index in [2.05, 4.69) is 26.0 Å². The zero-order chi connectivity index (χ0) is 17.4. The summed E-state index contributed by atoms with van der Waals surface area (Å²) in [4.78, 5) is 11.7. The topological polar surface area (TPSA) is 75.3 Å². The molecule has 7 heteroatoms. The molecule has 0 aliphatic rings. The molecule has 0 bridgehead atoms. The minimum Gasteiger partial charge on any atom is -0.355 e. The smallest absolute Gasteiger partial charge is 0.235 e. The number of rotatable bonds is 8. The first kappa shape index (κ1) is 18.6. The van der Waals surface area contributed by atoms with E-state index in [1.807, 2.05) is 36.4 Å². The van der Waals surface area contributed by atoms with E-state index in [0.29, 0.717) is 18.5 Å². The molecule has 0 atom stereocenters. The second-order valence-electron chi connectivity index (χ2n) is 5.30. The van der Waals surface area contributed by atoms with Gasteiger partial charge in [-0.15, -0.1) is 0 Å². The molecule has 0 saturated carbocycles. The van der Waals surface area contributed by atoms with E-state index in [1.54, 1.807) is 18.2 Å². The second kappa shape index (κ2) is 8.96. The monoisotopic (exact) mass is 410 g/mol. The van der Waals surface area contributed by atoms with Gasteiger partial charge in [-0.1, -0.05) is 58.4 Å². The highest BCUT2D eigenvalue weighted by Crippen LogP contribution is 2.13. The number of nitrogens with one attached hydrogen (secondary N) is 2. The molecule has 0 aliphatic carbocycles. The van der Waals surface area contributed by atoms with Crippen LogP contribution in [0.2, 0.25) is 0 Å². The fourth-order valence-electron chi connectivity index (χ4n) is 2.13. The van der Waals surface area contributed by atoms with Crippen molar-refractivity contribution < 1.29 is 13.2 Å². The maximum Gasteiger partial charge on any atom is 0.235 e. The van der Waals surface area contributed by atoms with Gasteiger partial charge in [0.05, 0.1) is 12.3 Å². The lowest BCUT2D eigenvalue weighted by Crippen LogP contribution is -2.38. The Hall–Kier alpha value is -1.70. The lowest BCUT2D eigenvalue weighted by molar-refractivity contribution is -0.119. The Morgan fingerprint density at radius 1 is 1.00 bits per heavy atom. The number of carbonyl (C=O) groups is 1. The fraction of sp³-hybridized carbons (Fsp3) is 0.235. The third-order valence-corrected chi connectivity index (χ3v) is 5.07. The van der Waals surface area contributed by atoms with Crippen molar-refractivity contribution in [2.75, 3.05) is 13.1 Å². The molecule has 0 aromatic heterocycles. The molecule has 0 spiro atoms. The van der Waals surface area contributed by atoms with Gasteiger partial charge in [0.1, 0.15) is 0 Å². The van der Waals surface area contributed by atoms with Gasteiger partial charge in [0.2, 0.25) is 15.9 Å². The summed E-state index contributed by atoms with van der Waals surface area (Å²) in [6.45, 7) is 0.210. The Morgan fingerprint density at radius 3 is 2.42 bits per heavy atom. The molecular weight excluding hydrogens is 392 g/mol. The first-order chi connectivity index (χ1) is 11.4. The predicted octanol–water partition coefficient (Wildman–Crippen LogP) is 2.23. The average molecular weight is 411 g/mol. The summed E-state index contributed by atoms with van der Waals surface area (Å²) in [6.07, 6.45) is 0.706. The summed E-state index contributed by atoms with van der Waals surface area (Å²) >= 11 is 3.30. The van der Waals surface area contributed by atoms with Crippen molar-refractivity contribution in [3.63, 3.8) is 0 Å². The molecule has 2 aromatic carbocycles. The number of benzene rings is 2. The molecule has 24 heavy (non-hydrogen) atoms. The lowest BCUT2D eigenvalue weighted by Gasteiger charge is -2.08. The number of sulfonamides is 1. The van der Waals surface area contributed by atoms with Gasteiger partial charge in [0.15, 0.2) is 0 Å². The zero-order valence-electron chi connectivity index (χ0n) is 13.0. The highest BCUT2D eigenvalue weighted by atomic mass is 79.9. The number of hydrogen-bond acceptors (Lipinski definition) is 3. The van der Waals surface area contributed by atoms with Crippen LogP contribution >= 0.6 is 15.9 Å². The van der Waals surface area contributed by atoms with E-state index < -0.39 is 10.0 Å². The molecule has 1 amide bonds. The Balaban J connectivity index is 1.74. The largest absolute Gasteiger partial charge is 0.355 e. The van der Waals surface area contributed by atoms with Gasteiger partial charge in [-0.3, -0.25) is 4.79 Å². The van der Waals surface area contributed by atoms with Crippen molar-refractivity contribution in [3.8, 4) is 0 Å². The molecule has 128 valence electrons. The van der Waals surface area contributed by atoms with Crippen LogP contribution in [-0.4, -0.2) is 27.4 Å². The van der Waals surface area contributed by atoms with E-state index in [9.17, 15) is 13.2 Å². The van der Waals surface area contributed by atoms with Crippen LogP contribution in [0.1, 0.15) is 11.1 Å². The molecule has 0 unspecified atom stereocenters. The van der Waals surface area contributed by atoms with Crippen molar-refractivity contribution in [2.24, 2.45) is 0 Å². The number of hydrogen-bond donors (Lipinski definition) is 2. The first-order valence-electron chi connectivity index (χ1n) is 7.47. The molecule has 5 nitrogen and oxygen atoms in total. The van der Waals surface area contributed by atoms with Crippen molar-refractivity contribution in [1.29, 1.82) is 0 Å². The minimum atomic E-state index is -3.56. The second-order valence-corrected chi connectivity index (χ2v) is 8.02. The molecule has 2 N–H and O–H groups in total. The van der Waals surface area contributed by atoms with Crippen molar-refractivity contribution in [1.82, 2.24) is 10.0 Å². The van der Waals surface area contributed by atoms with E-state index in [1.165, 1.54) is 0 Å². The van der Waals surface area contributed by atoms with Crippen LogP contribution < -0.4 is 10.0 Å². The fourth-order valence-corrected chi connectivity index (χ4v) is 3.64. The van der Waals surface area contributed by atoms with Crippen LogP contribution in [0.15, 0.2) is 59.1 Å². The van der Waals surface area contributed by atoms with Crippen molar-refractivity contribution >= 4 is 31.9 Å². The highest BCUT2D eigenvalue weighted by molar-refractivity contribution is 9.10. The van der Waals surface area contributed by atoms with Crippen LogP contribution in [-0.2, 0) is 27.0 Å². The Bertz CT molecular complexity index is 779. The summed E-state index contributed by atoms with van der Waals surface area (Å²) in [5.74, 6) is -0.507. The number of halogens is 1. The van der Waals surface area contributed by atoms with Gasteiger partial charge in [0.25, 0.3) is 0 Å². The molecule has 2 rings (SSSR count). The summed E-state index contributed by atoms with van der Waals surface area (Å²) in [5, 5.41) is 2.70. The summed E-state index contributed by atoms with van der Waals surface area (Å²) in [5.41, 5.74) is 1.77. The predicted molar refractivity (Wildman–Crippen MR) is 97.9 cm³/mol. The van der Waals surface area contributed by atoms with Crippen LogP contribution in [0.3, 0.4) is 0 Å². The molecule has 0 saturated heterocycles. The lowest BCUT2D eigenvalue weighted by atomic mass is 10.1. The zero-order valence-corrected chi connectivity index (χ0v) is 15.4. The van der Waals surface area contributed by atoms with Gasteiger partial charge in [-0.2, -0.15) is 0 Å².